The second-order valence-electron chi connectivity index (χ2n) is 5.05. The molecule has 2 aromatic rings. The zero-order valence-electron chi connectivity index (χ0n) is 14.2. The summed E-state index contributed by atoms with van der Waals surface area (Å²) in [5.41, 5.74) is 0.114. The molecule has 1 aromatic carbocycles. The van der Waals surface area contributed by atoms with Crippen LogP contribution >= 0.6 is 0 Å². The number of ether oxygens (including phenoxy) is 1. The Labute approximate surface area is 150 Å². The maximum Gasteiger partial charge on any atom is 0.338 e. The topological polar surface area (TPSA) is 115 Å². The average Bonchev–Trinajstić information content (AvgIpc) is 3.17. The SMILES string of the molecule is CON(C)S(=O)(=O)c1ccc(C(=O)OCC(=O)NCc2ccco2)cc1. The number of hydrogen-bond donors (Lipinski definition) is 1. The molecular weight excluding hydrogens is 364 g/mol. The molecule has 26 heavy (non-hydrogen) atoms. The Morgan fingerprint density at radius 3 is 2.46 bits per heavy atom. The van der Waals surface area contributed by atoms with Gasteiger partial charge in [-0.05, 0) is 36.4 Å². The van der Waals surface area contributed by atoms with Crippen LogP contribution in [0.2, 0.25) is 0 Å². The van der Waals surface area contributed by atoms with Gasteiger partial charge < -0.3 is 14.5 Å². The van der Waals surface area contributed by atoms with Crippen LogP contribution in [0.4, 0.5) is 0 Å². The van der Waals surface area contributed by atoms with Crippen molar-refractivity contribution in [3.63, 3.8) is 0 Å². The molecule has 9 nitrogen and oxygen atoms in total. The van der Waals surface area contributed by atoms with Crippen LogP contribution in [-0.4, -0.2) is 45.5 Å². The van der Waals surface area contributed by atoms with E-state index in [9.17, 15) is 18.0 Å². The van der Waals surface area contributed by atoms with Crippen molar-refractivity contribution >= 4 is 21.9 Å². The number of carbonyl (C=O) groups is 2. The summed E-state index contributed by atoms with van der Waals surface area (Å²) < 4.78 is 34.8. The molecule has 0 saturated carbocycles. The molecule has 0 radical (unpaired) electrons. The van der Waals surface area contributed by atoms with Crippen molar-refractivity contribution < 1.29 is 32.0 Å². The van der Waals surface area contributed by atoms with E-state index in [2.05, 4.69) is 10.2 Å². The van der Waals surface area contributed by atoms with Crippen LogP contribution in [0, 0.1) is 0 Å². The maximum atomic E-state index is 12.1. The molecular formula is C16H18N2O7S. The molecule has 2 rings (SSSR count). The van der Waals surface area contributed by atoms with Gasteiger partial charge in [0.25, 0.3) is 15.9 Å². The van der Waals surface area contributed by atoms with Gasteiger partial charge in [0, 0.05) is 7.05 Å². The molecule has 0 aliphatic carbocycles. The fourth-order valence-electron chi connectivity index (χ4n) is 1.87. The van der Waals surface area contributed by atoms with Crippen molar-refractivity contribution in [1.82, 2.24) is 9.79 Å². The summed E-state index contributed by atoms with van der Waals surface area (Å²) in [6, 6.07) is 8.47. The second kappa shape index (κ2) is 8.61. The number of rotatable bonds is 8. The van der Waals surface area contributed by atoms with Gasteiger partial charge in [-0.3, -0.25) is 9.63 Å². The fourth-order valence-corrected chi connectivity index (χ4v) is 2.85. The number of furan rings is 1. The van der Waals surface area contributed by atoms with Crippen molar-refractivity contribution in [2.45, 2.75) is 11.4 Å². The van der Waals surface area contributed by atoms with E-state index in [1.807, 2.05) is 0 Å². The Kier molecular flexibility index (Phi) is 6.50. The van der Waals surface area contributed by atoms with Crippen molar-refractivity contribution in [3.8, 4) is 0 Å². The molecule has 0 aliphatic rings. The third kappa shape index (κ3) is 4.91. The van der Waals surface area contributed by atoms with Gasteiger partial charge in [0.15, 0.2) is 6.61 Å². The average molecular weight is 382 g/mol. The van der Waals surface area contributed by atoms with Crippen molar-refractivity contribution in [3.05, 3.63) is 54.0 Å². The Hall–Kier alpha value is -2.69. The summed E-state index contributed by atoms with van der Waals surface area (Å²) in [6.45, 7) is -0.283. The van der Waals surface area contributed by atoms with E-state index >= 15 is 0 Å². The summed E-state index contributed by atoms with van der Waals surface area (Å²) in [7, 11) is -1.33. The van der Waals surface area contributed by atoms with E-state index in [1.54, 1.807) is 12.1 Å². The predicted molar refractivity (Wildman–Crippen MR) is 89.2 cm³/mol. The first-order valence-corrected chi connectivity index (χ1v) is 8.88. The van der Waals surface area contributed by atoms with Gasteiger partial charge in [0.05, 0.1) is 30.4 Å². The number of sulfonamides is 1. The highest BCUT2D eigenvalue weighted by molar-refractivity contribution is 7.89. The lowest BCUT2D eigenvalue weighted by Crippen LogP contribution is -2.28. The smallest absolute Gasteiger partial charge is 0.338 e. The third-order valence-corrected chi connectivity index (χ3v) is 5.05. The van der Waals surface area contributed by atoms with Gasteiger partial charge in [-0.1, -0.05) is 4.47 Å². The Balaban J connectivity index is 1.88. The van der Waals surface area contributed by atoms with Gasteiger partial charge in [-0.2, -0.15) is 0 Å². The van der Waals surface area contributed by atoms with Crippen LogP contribution in [0.25, 0.3) is 0 Å². The Morgan fingerprint density at radius 2 is 1.88 bits per heavy atom. The van der Waals surface area contributed by atoms with Crippen molar-refractivity contribution in [2.75, 3.05) is 20.8 Å². The number of hydroxylamine groups is 1. The van der Waals surface area contributed by atoms with Gasteiger partial charge in [0.1, 0.15) is 5.76 Å². The Bertz CT molecular complexity index is 845. The van der Waals surface area contributed by atoms with E-state index < -0.39 is 28.5 Å². The molecule has 140 valence electrons. The van der Waals surface area contributed by atoms with E-state index in [0.29, 0.717) is 10.2 Å². The first-order valence-electron chi connectivity index (χ1n) is 7.44. The molecule has 1 N–H and O–H groups in total. The number of nitrogens with one attached hydrogen (secondary N) is 1. The fraction of sp³-hybridized carbons (Fsp3) is 0.250. The zero-order valence-corrected chi connectivity index (χ0v) is 15.0. The van der Waals surface area contributed by atoms with Crippen LogP contribution in [0.1, 0.15) is 16.1 Å². The van der Waals surface area contributed by atoms with Crippen molar-refractivity contribution in [1.29, 1.82) is 0 Å². The largest absolute Gasteiger partial charge is 0.467 e. The normalized spacial score (nSPS) is 11.3. The maximum absolute atomic E-state index is 12.1. The lowest BCUT2D eigenvalue weighted by Gasteiger charge is -2.14. The molecule has 0 aliphatic heterocycles. The number of esters is 1. The molecule has 1 amide bonds. The second-order valence-corrected chi connectivity index (χ2v) is 6.99. The quantitative estimate of drug-likeness (QED) is 0.533. The molecule has 0 atom stereocenters. The number of benzene rings is 1. The van der Waals surface area contributed by atoms with Gasteiger partial charge >= 0.3 is 5.97 Å². The minimum atomic E-state index is -3.80. The first kappa shape index (κ1) is 19.6. The minimum Gasteiger partial charge on any atom is -0.467 e. The van der Waals surface area contributed by atoms with Gasteiger partial charge in [-0.15, -0.1) is 0 Å². The molecule has 0 fully saturated rings. The lowest BCUT2D eigenvalue weighted by atomic mass is 10.2. The van der Waals surface area contributed by atoms with Crippen LogP contribution in [-0.2, 0) is 30.9 Å². The molecule has 10 heteroatoms. The Morgan fingerprint density at radius 1 is 1.19 bits per heavy atom. The lowest BCUT2D eigenvalue weighted by molar-refractivity contribution is -0.124. The highest BCUT2D eigenvalue weighted by Crippen LogP contribution is 2.15. The van der Waals surface area contributed by atoms with Gasteiger partial charge in [-0.25, -0.2) is 13.2 Å². The predicted octanol–water partition coefficient (Wildman–Crippen LogP) is 0.935. The van der Waals surface area contributed by atoms with E-state index in [0.717, 1.165) is 0 Å². The molecule has 0 unspecified atom stereocenters. The standard InChI is InChI=1S/C16H18N2O7S/c1-18(23-2)26(21,22)14-7-5-12(6-8-14)16(20)25-11-15(19)17-10-13-4-3-9-24-13/h3-9H,10-11H2,1-2H3,(H,17,19). The van der Waals surface area contributed by atoms with E-state index in [-0.39, 0.29) is 17.0 Å². The summed E-state index contributed by atoms with van der Waals surface area (Å²) in [6.07, 6.45) is 1.48. The third-order valence-electron chi connectivity index (χ3n) is 3.36. The zero-order chi connectivity index (χ0) is 19.2. The first-order chi connectivity index (χ1) is 12.3. The van der Waals surface area contributed by atoms with E-state index in [4.69, 9.17) is 9.15 Å². The van der Waals surface area contributed by atoms with Gasteiger partial charge in [0.2, 0.25) is 0 Å². The van der Waals surface area contributed by atoms with Crippen LogP contribution < -0.4 is 5.32 Å². The molecule has 1 heterocycles. The summed E-state index contributed by atoms with van der Waals surface area (Å²) in [4.78, 5) is 28.2. The summed E-state index contributed by atoms with van der Waals surface area (Å²) in [5.74, 6) is -0.666. The minimum absolute atomic E-state index is 0.0467. The number of nitrogens with zero attached hydrogens (tertiary/aromatic N) is 1. The number of amides is 1. The molecule has 0 saturated heterocycles. The number of hydrogen-bond acceptors (Lipinski definition) is 7. The molecule has 1 aromatic heterocycles. The number of carbonyl (C=O) groups excluding carboxylic acids is 2. The summed E-state index contributed by atoms with van der Waals surface area (Å²) in [5, 5.41) is 2.53. The molecule has 0 spiro atoms. The summed E-state index contributed by atoms with van der Waals surface area (Å²) >= 11 is 0. The van der Waals surface area contributed by atoms with Crippen LogP contribution in [0.5, 0.6) is 0 Å². The monoisotopic (exact) mass is 382 g/mol. The van der Waals surface area contributed by atoms with Crippen LogP contribution in [0.3, 0.4) is 0 Å². The highest BCUT2D eigenvalue weighted by Gasteiger charge is 2.21. The highest BCUT2D eigenvalue weighted by atomic mass is 32.2. The van der Waals surface area contributed by atoms with Crippen LogP contribution in [0.15, 0.2) is 52.0 Å². The van der Waals surface area contributed by atoms with Crippen molar-refractivity contribution in [2.24, 2.45) is 0 Å². The van der Waals surface area contributed by atoms with E-state index in [1.165, 1.54) is 44.7 Å². The molecule has 0 bridgehead atoms.